The van der Waals surface area contributed by atoms with Crippen LogP contribution in [0.5, 0.6) is 5.75 Å². The maximum atomic E-state index is 12.5. The minimum atomic E-state index is -0.109. The first-order valence-electron chi connectivity index (χ1n) is 11.3. The summed E-state index contributed by atoms with van der Waals surface area (Å²) < 4.78 is 5.48. The van der Waals surface area contributed by atoms with Crippen LogP contribution in [0.25, 0.3) is 11.3 Å². The maximum absolute atomic E-state index is 12.5. The molecule has 0 saturated heterocycles. The molecule has 6 nitrogen and oxygen atoms in total. The molecule has 0 saturated carbocycles. The van der Waals surface area contributed by atoms with E-state index in [0.29, 0.717) is 16.9 Å². The Hall–Kier alpha value is -3.40. The second-order valence-corrected chi connectivity index (χ2v) is 10.1. The van der Waals surface area contributed by atoms with Crippen molar-refractivity contribution < 1.29 is 9.53 Å². The van der Waals surface area contributed by atoms with Crippen LogP contribution in [0.2, 0.25) is 0 Å². The van der Waals surface area contributed by atoms with E-state index in [1.807, 2.05) is 92.0 Å². The van der Waals surface area contributed by atoms with Crippen molar-refractivity contribution in [3.63, 3.8) is 0 Å². The highest BCUT2D eigenvalue weighted by molar-refractivity contribution is 8.00. The van der Waals surface area contributed by atoms with Gasteiger partial charge in [0.2, 0.25) is 5.91 Å². The number of thiazole rings is 1. The van der Waals surface area contributed by atoms with E-state index < -0.39 is 0 Å². The SMILES string of the molecule is CCOc1ccc(-c2csc(NC(=O)CSc3cccc(NC(=S)Nc4ccc(C)cc4)c3)n2)cc1. The van der Waals surface area contributed by atoms with Crippen molar-refractivity contribution in [2.45, 2.75) is 18.7 Å². The number of aryl methyl sites for hydroxylation is 1. The summed E-state index contributed by atoms with van der Waals surface area (Å²) in [7, 11) is 0. The number of nitrogens with one attached hydrogen (secondary N) is 3. The summed E-state index contributed by atoms with van der Waals surface area (Å²) in [4.78, 5) is 18.0. The van der Waals surface area contributed by atoms with Gasteiger partial charge in [-0.3, -0.25) is 4.79 Å². The average Bonchev–Trinajstić information content (AvgIpc) is 3.33. The van der Waals surface area contributed by atoms with E-state index in [9.17, 15) is 4.79 Å². The first-order chi connectivity index (χ1) is 17.5. The van der Waals surface area contributed by atoms with Crippen LogP contribution in [0, 0.1) is 6.92 Å². The number of nitrogens with zero attached hydrogens (tertiary/aromatic N) is 1. The van der Waals surface area contributed by atoms with E-state index in [-0.39, 0.29) is 11.7 Å². The molecule has 4 rings (SSSR count). The smallest absolute Gasteiger partial charge is 0.236 e. The highest BCUT2D eigenvalue weighted by atomic mass is 32.2. The number of thioether (sulfide) groups is 1. The summed E-state index contributed by atoms with van der Waals surface area (Å²) in [5, 5.41) is 12.3. The average molecular weight is 535 g/mol. The lowest BCUT2D eigenvalue weighted by Gasteiger charge is -2.11. The van der Waals surface area contributed by atoms with Crippen molar-refractivity contribution >= 4 is 62.8 Å². The number of hydrogen-bond donors (Lipinski definition) is 3. The lowest BCUT2D eigenvalue weighted by molar-refractivity contribution is -0.113. The molecule has 0 bridgehead atoms. The second-order valence-electron chi connectivity index (χ2n) is 7.81. The van der Waals surface area contributed by atoms with Crippen LogP contribution >= 0.6 is 35.3 Å². The Bertz CT molecular complexity index is 1320. The van der Waals surface area contributed by atoms with Crippen LogP contribution in [0.1, 0.15) is 12.5 Å². The van der Waals surface area contributed by atoms with Crippen LogP contribution in [0.15, 0.2) is 83.1 Å². The second kappa shape index (κ2) is 12.5. The summed E-state index contributed by atoms with van der Waals surface area (Å²) >= 11 is 8.28. The predicted molar refractivity (Wildman–Crippen MR) is 156 cm³/mol. The van der Waals surface area contributed by atoms with Gasteiger partial charge in [0.25, 0.3) is 0 Å². The van der Waals surface area contributed by atoms with E-state index in [1.54, 1.807) is 0 Å². The molecular formula is C27H26N4O2S3. The number of amides is 1. The Labute approximate surface area is 224 Å². The molecule has 3 aromatic carbocycles. The minimum Gasteiger partial charge on any atom is -0.494 e. The molecule has 9 heteroatoms. The van der Waals surface area contributed by atoms with Gasteiger partial charge in [-0.1, -0.05) is 23.8 Å². The Morgan fingerprint density at radius 3 is 2.50 bits per heavy atom. The largest absolute Gasteiger partial charge is 0.494 e. The van der Waals surface area contributed by atoms with Crippen LogP contribution in [0.4, 0.5) is 16.5 Å². The molecular weight excluding hydrogens is 509 g/mol. The molecule has 0 aliphatic rings. The number of aromatic nitrogens is 1. The molecule has 184 valence electrons. The maximum Gasteiger partial charge on any atom is 0.236 e. The molecule has 36 heavy (non-hydrogen) atoms. The molecule has 1 heterocycles. The molecule has 0 radical (unpaired) electrons. The number of carbonyl (C=O) groups is 1. The summed E-state index contributed by atoms with van der Waals surface area (Å²) in [6.45, 7) is 4.63. The van der Waals surface area contributed by atoms with Crippen molar-refractivity contribution in [2.75, 3.05) is 28.3 Å². The van der Waals surface area contributed by atoms with Crippen LogP contribution < -0.4 is 20.7 Å². The molecule has 0 fully saturated rings. The standard InChI is InChI=1S/C27H26N4O2S3/c1-3-33-22-13-9-19(10-14-22)24-16-36-27(30-24)31-25(32)17-35-23-6-4-5-21(15-23)29-26(34)28-20-11-7-18(2)8-12-20/h4-16H,3,17H2,1-2H3,(H2,28,29,34)(H,30,31,32). The quantitative estimate of drug-likeness (QED) is 0.157. The van der Waals surface area contributed by atoms with Crippen molar-refractivity contribution in [1.29, 1.82) is 0 Å². The third-order valence-corrected chi connectivity index (χ3v) is 6.94. The normalized spacial score (nSPS) is 10.5. The van der Waals surface area contributed by atoms with Gasteiger partial charge in [0, 0.05) is 27.2 Å². The third-order valence-electron chi connectivity index (χ3n) is 4.98. The fourth-order valence-electron chi connectivity index (χ4n) is 3.25. The molecule has 1 amide bonds. The number of ether oxygens (including phenoxy) is 1. The van der Waals surface area contributed by atoms with Crippen molar-refractivity contribution in [3.8, 4) is 17.0 Å². The highest BCUT2D eigenvalue weighted by Gasteiger charge is 2.10. The summed E-state index contributed by atoms with van der Waals surface area (Å²) in [6, 6.07) is 23.6. The summed E-state index contributed by atoms with van der Waals surface area (Å²) in [6.07, 6.45) is 0. The van der Waals surface area contributed by atoms with E-state index in [2.05, 4.69) is 20.9 Å². The van der Waals surface area contributed by atoms with Gasteiger partial charge in [-0.2, -0.15) is 0 Å². The molecule has 3 N–H and O–H groups in total. The zero-order valence-electron chi connectivity index (χ0n) is 19.9. The zero-order valence-corrected chi connectivity index (χ0v) is 22.4. The van der Waals surface area contributed by atoms with Crippen LogP contribution in [0.3, 0.4) is 0 Å². The number of benzene rings is 3. The van der Waals surface area contributed by atoms with Gasteiger partial charge >= 0.3 is 0 Å². The van der Waals surface area contributed by atoms with Crippen LogP contribution in [-0.2, 0) is 4.79 Å². The monoisotopic (exact) mass is 534 g/mol. The number of rotatable bonds is 9. The first-order valence-corrected chi connectivity index (χ1v) is 13.6. The fraction of sp³-hybridized carbons (Fsp3) is 0.148. The fourth-order valence-corrected chi connectivity index (χ4v) is 4.98. The Morgan fingerprint density at radius 2 is 1.75 bits per heavy atom. The molecule has 0 unspecified atom stereocenters. The molecule has 0 spiro atoms. The van der Waals surface area contributed by atoms with Crippen molar-refractivity contribution in [1.82, 2.24) is 4.98 Å². The zero-order chi connectivity index (χ0) is 25.3. The van der Waals surface area contributed by atoms with Gasteiger partial charge in [-0.05, 0) is 80.7 Å². The predicted octanol–water partition coefficient (Wildman–Crippen LogP) is 7.06. The Morgan fingerprint density at radius 1 is 1.00 bits per heavy atom. The van der Waals surface area contributed by atoms with E-state index in [1.165, 1.54) is 28.7 Å². The Kier molecular flexibility index (Phi) is 8.94. The lowest BCUT2D eigenvalue weighted by atomic mass is 10.2. The van der Waals surface area contributed by atoms with Gasteiger partial charge in [0.1, 0.15) is 5.75 Å². The van der Waals surface area contributed by atoms with Crippen molar-refractivity contribution in [2.24, 2.45) is 0 Å². The number of thiocarbonyl (C=S) groups is 1. The molecule has 0 atom stereocenters. The van der Waals surface area contributed by atoms with Gasteiger partial charge in [0.15, 0.2) is 10.2 Å². The summed E-state index contributed by atoms with van der Waals surface area (Å²) in [5.74, 6) is 0.987. The third kappa shape index (κ3) is 7.55. The molecule has 0 aliphatic carbocycles. The first kappa shape index (κ1) is 25.7. The molecule has 4 aromatic rings. The van der Waals surface area contributed by atoms with Gasteiger partial charge < -0.3 is 20.7 Å². The summed E-state index contributed by atoms with van der Waals surface area (Å²) in [5.41, 5.74) is 4.76. The molecule has 1 aromatic heterocycles. The van der Waals surface area contributed by atoms with Gasteiger partial charge in [-0.15, -0.1) is 23.1 Å². The highest BCUT2D eigenvalue weighted by Crippen LogP contribution is 2.27. The lowest BCUT2D eigenvalue weighted by Crippen LogP contribution is -2.19. The molecule has 0 aliphatic heterocycles. The van der Waals surface area contributed by atoms with E-state index in [4.69, 9.17) is 17.0 Å². The number of anilines is 3. The van der Waals surface area contributed by atoms with Crippen molar-refractivity contribution in [3.05, 3.63) is 83.7 Å². The van der Waals surface area contributed by atoms with E-state index >= 15 is 0 Å². The van der Waals surface area contributed by atoms with Gasteiger partial charge in [-0.25, -0.2) is 4.98 Å². The topological polar surface area (TPSA) is 75.3 Å². The number of carbonyl (C=O) groups excluding carboxylic acids is 1. The van der Waals surface area contributed by atoms with Crippen LogP contribution in [-0.4, -0.2) is 28.4 Å². The minimum absolute atomic E-state index is 0.109. The van der Waals surface area contributed by atoms with Gasteiger partial charge in [0.05, 0.1) is 18.1 Å². The number of hydrogen-bond acceptors (Lipinski definition) is 6. The van der Waals surface area contributed by atoms with E-state index in [0.717, 1.165) is 33.3 Å². The Balaban J connectivity index is 1.27.